The van der Waals surface area contributed by atoms with Crippen LogP contribution in [0.25, 0.3) is 0 Å². The van der Waals surface area contributed by atoms with Gasteiger partial charge >= 0.3 is 5.97 Å². The maximum Gasteiger partial charge on any atom is 0.356 e. The van der Waals surface area contributed by atoms with E-state index in [1.54, 1.807) is 6.07 Å². The Bertz CT molecular complexity index is 504. The fraction of sp³-hybridized carbons (Fsp3) is 0.625. The zero-order chi connectivity index (χ0) is 14.7. The van der Waals surface area contributed by atoms with Crippen LogP contribution < -0.4 is 0 Å². The topological polar surface area (TPSA) is 51.7 Å². The summed E-state index contributed by atoms with van der Waals surface area (Å²) in [7, 11) is 1.38. The van der Waals surface area contributed by atoms with Crippen LogP contribution in [-0.2, 0) is 16.0 Å². The van der Waals surface area contributed by atoms with Gasteiger partial charge < -0.3 is 9.47 Å². The van der Waals surface area contributed by atoms with E-state index in [1.807, 2.05) is 12.1 Å². The number of methoxy groups -OCH3 is 1. The summed E-state index contributed by atoms with van der Waals surface area (Å²) >= 11 is 0. The smallest absolute Gasteiger partial charge is 0.356 e. The lowest BCUT2D eigenvalue weighted by Gasteiger charge is -2.43. The molecule has 2 fully saturated rings. The fourth-order valence-electron chi connectivity index (χ4n) is 3.37. The van der Waals surface area contributed by atoms with E-state index in [2.05, 4.69) is 9.88 Å². The number of aromatic nitrogens is 1. The zero-order valence-corrected chi connectivity index (χ0v) is 12.5. The van der Waals surface area contributed by atoms with Gasteiger partial charge in [0.1, 0.15) is 5.69 Å². The first-order valence-electron chi connectivity index (χ1n) is 7.68. The van der Waals surface area contributed by atoms with Crippen molar-refractivity contribution in [3.05, 3.63) is 29.6 Å². The number of carbonyl (C=O) groups is 1. The third-order valence-corrected chi connectivity index (χ3v) is 4.41. The molecule has 0 amide bonds. The van der Waals surface area contributed by atoms with Gasteiger partial charge in [-0.2, -0.15) is 0 Å². The molecule has 1 aliphatic heterocycles. The van der Waals surface area contributed by atoms with E-state index < -0.39 is 0 Å². The molecule has 21 heavy (non-hydrogen) atoms. The van der Waals surface area contributed by atoms with Crippen LogP contribution in [0.2, 0.25) is 0 Å². The van der Waals surface area contributed by atoms with E-state index in [0.29, 0.717) is 17.8 Å². The molecule has 5 heteroatoms. The lowest BCUT2D eigenvalue weighted by molar-refractivity contribution is -0.0914. The minimum Gasteiger partial charge on any atom is -0.464 e. The van der Waals surface area contributed by atoms with Crippen molar-refractivity contribution in [1.29, 1.82) is 0 Å². The summed E-state index contributed by atoms with van der Waals surface area (Å²) in [5.74, 6) is -0.380. The van der Waals surface area contributed by atoms with Crippen molar-refractivity contribution in [2.45, 2.75) is 44.4 Å². The lowest BCUT2D eigenvalue weighted by atomic mass is 9.90. The first kappa shape index (κ1) is 14.5. The molecule has 0 spiro atoms. The summed E-state index contributed by atoms with van der Waals surface area (Å²) in [4.78, 5) is 18.4. The van der Waals surface area contributed by atoms with Gasteiger partial charge in [-0.1, -0.05) is 18.9 Å². The zero-order valence-electron chi connectivity index (χ0n) is 12.5. The molecular weight excluding hydrogens is 268 g/mol. The molecule has 0 aromatic carbocycles. The molecular formula is C16H22N2O3. The summed E-state index contributed by atoms with van der Waals surface area (Å²) < 4.78 is 10.6. The number of rotatable bonds is 3. The van der Waals surface area contributed by atoms with Gasteiger partial charge in [0.05, 0.1) is 25.5 Å². The maximum absolute atomic E-state index is 11.6. The molecule has 114 valence electrons. The number of esters is 1. The van der Waals surface area contributed by atoms with Crippen LogP contribution in [0.15, 0.2) is 18.2 Å². The van der Waals surface area contributed by atoms with Crippen LogP contribution in [0.1, 0.15) is 41.9 Å². The van der Waals surface area contributed by atoms with Crippen LogP contribution in [0, 0.1) is 0 Å². The summed E-state index contributed by atoms with van der Waals surface area (Å²) in [6, 6.07) is 6.03. The molecule has 0 unspecified atom stereocenters. The van der Waals surface area contributed by atoms with Gasteiger partial charge in [0, 0.05) is 19.1 Å². The monoisotopic (exact) mass is 290 g/mol. The standard InChI is InChI=1S/C16H22N2O3/c1-20-16(19)13-6-4-5-12(17-13)11-18-9-10-21-15-8-3-2-7-14(15)18/h4-6,14-15H,2-3,7-11H2,1H3/t14-,15-/m1/s1. The largest absolute Gasteiger partial charge is 0.464 e. The third-order valence-electron chi connectivity index (χ3n) is 4.41. The van der Waals surface area contributed by atoms with E-state index in [4.69, 9.17) is 9.47 Å². The van der Waals surface area contributed by atoms with Gasteiger partial charge in [-0.3, -0.25) is 4.90 Å². The minimum absolute atomic E-state index is 0.372. The molecule has 5 nitrogen and oxygen atoms in total. The molecule has 1 aromatic heterocycles. The van der Waals surface area contributed by atoms with Crippen molar-refractivity contribution in [3.8, 4) is 0 Å². The molecule has 2 heterocycles. The number of hydrogen-bond donors (Lipinski definition) is 0. The predicted octanol–water partition coefficient (Wildman–Crippen LogP) is 2.01. The number of carbonyl (C=O) groups excluding carboxylic acids is 1. The Hall–Kier alpha value is -1.46. The second-order valence-corrected chi connectivity index (χ2v) is 5.74. The molecule has 3 rings (SSSR count). The molecule has 1 aliphatic carbocycles. The molecule has 1 saturated heterocycles. The summed E-state index contributed by atoms with van der Waals surface area (Å²) in [5, 5.41) is 0. The second-order valence-electron chi connectivity index (χ2n) is 5.74. The van der Waals surface area contributed by atoms with Crippen LogP contribution in [0.5, 0.6) is 0 Å². The van der Waals surface area contributed by atoms with Crippen LogP contribution in [0.4, 0.5) is 0 Å². The Morgan fingerprint density at radius 2 is 2.29 bits per heavy atom. The molecule has 1 saturated carbocycles. The number of pyridine rings is 1. The van der Waals surface area contributed by atoms with E-state index in [-0.39, 0.29) is 5.97 Å². The Morgan fingerprint density at radius 1 is 1.43 bits per heavy atom. The minimum atomic E-state index is -0.380. The van der Waals surface area contributed by atoms with Gasteiger partial charge in [0.25, 0.3) is 0 Å². The van der Waals surface area contributed by atoms with Crippen molar-refractivity contribution in [2.24, 2.45) is 0 Å². The maximum atomic E-state index is 11.6. The highest BCUT2D eigenvalue weighted by Crippen LogP contribution is 2.29. The number of fused-ring (bicyclic) bond motifs is 1. The first-order chi connectivity index (χ1) is 10.3. The van der Waals surface area contributed by atoms with Crippen molar-refractivity contribution in [1.82, 2.24) is 9.88 Å². The number of morpholine rings is 1. The normalized spacial score (nSPS) is 26.1. The van der Waals surface area contributed by atoms with Crippen molar-refractivity contribution < 1.29 is 14.3 Å². The van der Waals surface area contributed by atoms with E-state index in [1.165, 1.54) is 26.4 Å². The quantitative estimate of drug-likeness (QED) is 0.797. The van der Waals surface area contributed by atoms with Gasteiger partial charge in [-0.25, -0.2) is 9.78 Å². The first-order valence-corrected chi connectivity index (χ1v) is 7.68. The molecule has 0 bridgehead atoms. The average Bonchev–Trinajstić information content (AvgIpc) is 2.55. The molecule has 2 atom stereocenters. The summed E-state index contributed by atoms with van der Waals surface area (Å²) in [5.41, 5.74) is 1.30. The van der Waals surface area contributed by atoms with Crippen LogP contribution in [-0.4, -0.2) is 48.3 Å². The second kappa shape index (κ2) is 6.54. The highest BCUT2D eigenvalue weighted by molar-refractivity contribution is 5.87. The van der Waals surface area contributed by atoms with Crippen molar-refractivity contribution in [2.75, 3.05) is 20.3 Å². The lowest BCUT2D eigenvalue weighted by Crippen LogP contribution is -2.52. The molecule has 1 aromatic rings. The van der Waals surface area contributed by atoms with Gasteiger partial charge in [-0.05, 0) is 25.0 Å². The van der Waals surface area contributed by atoms with E-state index in [9.17, 15) is 4.79 Å². The summed E-state index contributed by atoms with van der Waals surface area (Å²) in [6.07, 6.45) is 5.27. The van der Waals surface area contributed by atoms with Crippen molar-refractivity contribution >= 4 is 5.97 Å². The Labute approximate surface area is 125 Å². The number of ether oxygens (including phenoxy) is 2. The molecule has 0 radical (unpaired) electrons. The Balaban J connectivity index is 1.71. The van der Waals surface area contributed by atoms with Gasteiger partial charge in [-0.15, -0.1) is 0 Å². The van der Waals surface area contributed by atoms with E-state index in [0.717, 1.165) is 31.8 Å². The highest BCUT2D eigenvalue weighted by atomic mass is 16.5. The molecule has 0 N–H and O–H groups in total. The SMILES string of the molecule is COC(=O)c1cccc(CN2CCO[C@@H]3CCCC[C@H]32)n1. The Morgan fingerprint density at radius 3 is 3.14 bits per heavy atom. The van der Waals surface area contributed by atoms with Gasteiger partial charge in [0.15, 0.2) is 0 Å². The van der Waals surface area contributed by atoms with E-state index >= 15 is 0 Å². The predicted molar refractivity (Wildman–Crippen MR) is 78.0 cm³/mol. The number of hydrogen-bond acceptors (Lipinski definition) is 5. The van der Waals surface area contributed by atoms with Crippen molar-refractivity contribution in [3.63, 3.8) is 0 Å². The van der Waals surface area contributed by atoms with Crippen LogP contribution in [0.3, 0.4) is 0 Å². The van der Waals surface area contributed by atoms with Gasteiger partial charge in [0.2, 0.25) is 0 Å². The summed E-state index contributed by atoms with van der Waals surface area (Å²) in [6.45, 7) is 2.50. The van der Waals surface area contributed by atoms with Crippen LogP contribution >= 0.6 is 0 Å². The number of nitrogens with zero attached hydrogens (tertiary/aromatic N) is 2. The Kier molecular flexibility index (Phi) is 4.51. The highest BCUT2D eigenvalue weighted by Gasteiger charge is 2.34. The molecule has 2 aliphatic rings. The third kappa shape index (κ3) is 3.24. The average molecular weight is 290 g/mol. The fourth-order valence-corrected chi connectivity index (χ4v) is 3.37.